The smallest absolute Gasteiger partial charge is 0.321 e. The standard InChI is InChI=1S/C11H21NO5S/c1-3-6-12(8-11(13)16-2)18(14,15)9-10-5-4-7-17-10/h10H,3-9H2,1-2H3. The van der Waals surface area contributed by atoms with Gasteiger partial charge in [0, 0.05) is 13.2 Å². The van der Waals surface area contributed by atoms with Crippen molar-refractivity contribution in [3.05, 3.63) is 0 Å². The summed E-state index contributed by atoms with van der Waals surface area (Å²) >= 11 is 0. The predicted octanol–water partition coefficient (Wildman–Crippen LogP) is 0.380. The van der Waals surface area contributed by atoms with Crippen molar-refractivity contribution >= 4 is 16.0 Å². The highest BCUT2D eigenvalue weighted by atomic mass is 32.2. The summed E-state index contributed by atoms with van der Waals surface area (Å²) in [6.07, 6.45) is 2.07. The first-order chi connectivity index (χ1) is 8.49. The highest BCUT2D eigenvalue weighted by Gasteiger charge is 2.29. The van der Waals surface area contributed by atoms with Gasteiger partial charge in [0.15, 0.2) is 0 Å². The van der Waals surface area contributed by atoms with Crippen molar-refractivity contribution in [3.8, 4) is 0 Å². The summed E-state index contributed by atoms with van der Waals surface area (Å²) in [5.41, 5.74) is 0. The number of nitrogens with zero attached hydrogens (tertiary/aromatic N) is 1. The lowest BCUT2D eigenvalue weighted by Crippen LogP contribution is -2.40. The lowest BCUT2D eigenvalue weighted by molar-refractivity contribution is -0.140. The van der Waals surface area contributed by atoms with Gasteiger partial charge in [0.1, 0.15) is 6.54 Å². The second kappa shape index (κ2) is 7.06. The molecule has 7 heteroatoms. The van der Waals surface area contributed by atoms with E-state index in [-0.39, 0.29) is 18.4 Å². The van der Waals surface area contributed by atoms with Crippen LogP contribution in [0.5, 0.6) is 0 Å². The van der Waals surface area contributed by atoms with E-state index in [2.05, 4.69) is 4.74 Å². The second-order valence-electron chi connectivity index (χ2n) is 4.32. The topological polar surface area (TPSA) is 72.9 Å². The molecule has 18 heavy (non-hydrogen) atoms. The Morgan fingerprint density at radius 2 is 2.22 bits per heavy atom. The Labute approximate surface area is 108 Å². The molecule has 1 saturated heterocycles. The van der Waals surface area contributed by atoms with Crippen LogP contribution >= 0.6 is 0 Å². The van der Waals surface area contributed by atoms with Gasteiger partial charge in [-0.15, -0.1) is 0 Å². The Bertz CT molecular complexity index is 362. The van der Waals surface area contributed by atoms with Gasteiger partial charge in [0.05, 0.1) is 19.0 Å². The van der Waals surface area contributed by atoms with Gasteiger partial charge in [0.25, 0.3) is 0 Å². The first kappa shape index (κ1) is 15.4. The molecular weight excluding hydrogens is 258 g/mol. The molecule has 0 saturated carbocycles. The summed E-state index contributed by atoms with van der Waals surface area (Å²) in [5.74, 6) is -0.594. The van der Waals surface area contributed by atoms with Gasteiger partial charge in [0.2, 0.25) is 10.0 Å². The molecule has 1 aliphatic heterocycles. The lowest BCUT2D eigenvalue weighted by atomic mass is 10.3. The van der Waals surface area contributed by atoms with Gasteiger partial charge in [-0.3, -0.25) is 4.79 Å². The fraction of sp³-hybridized carbons (Fsp3) is 0.909. The summed E-state index contributed by atoms with van der Waals surface area (Å²) < 4.78 is 35.4. The minimum atomic E-state index is -3.47. The summed E-state index contributed by atoms with van der Waals surface area (Å²) in [4.78, 5) is 11.2. The van der Waals surface area contributed by atoms with Crippen molar-refractivity contribution in [2.45, 2.75) is 32.3 Å². The number of carbonyl (C=O) groups excluding carboxylic acids is 1. The molecule has 0 aromatic rings. The number of ether oxygens (including phenoxy) is 2. The second-order valence-corrected chi connectivity index (χ2v) is 6.34. The largest absolute Gasteiger partial charge is 0.468 e. The van der Waals surface area contributed by atoms with E-state index >= 15 is 0 Å². The Morgan fingerprint density at radius 3 is 2.72 bits per heavy atom. The van der Waals surface area contributed by atoms with Crippen LogP contribution in [-0.2, 0) is 24.3 Å². The Hall–Kier alpha value is -0.660. The Kier molecular flexibility index (Phi) is 6.04. The van der Waals surface area contributed by atoms with Gasteiger partial charge >= 0.3 is 5.97 Å². The number of sulfonamides is 1. The zero-order chi connectivity index (χ0) is 13.6. The molecule has 0 radical (unpaired) electrons. The van der Waals surface area contributed by atoms with Crippen molar-refractivity contribution in [2.24, 2.45) is 0 Å². The maximum Gasteiger partial charge on any atom is 0.321 e. The number of methoxy groups -OCH3 is 1. The normalized spacial score (nSPS) is 20.3. The number of esters is 1. The summed E-state index contributed by atoms with van der Waals surface area (Å²) in [6, 6.07) is 0. The van der Waals surface area contributed by atoms with Gasteiger partial charge < -0.3 is 9.47 Å². The van der Waals surface area contributed by atoms with Crippen molar-refractivity contribution in [1.29, 1.82) is 0 Å². The van der Waals surface area contributed by atoms with Crippen LogP contribution in [0, 0.1) is 0 Å². The van der Waals surface area contributed by atoms with E-state index in [1.165, 1.54) is 11.4 Å². The van der Waals surface area contributed by atoms with Gasteiger partial charge in [-0.1, -0.05) is 6.92 Å². The van der Waals surface area contributed by atoms with Crippen LogP contribution in [0.3, 0.4) is 0 Å². The predicted molar refractivity (Wildman–Crippen MR) is 66.6 cm³/mol. The third-order valence-electron chi connectivity index (χ3n) is 2.82. The average molecular weight is 279 g/mol. The molecule has 0 N–H and O–H groups in total. The maximum atomic E-state index is 12.2. The molecule has 1 atom stereocenters. The molecule has 6 nitrogen and oxygen atoms in total. The molecule has 0 aliphatic carbocycles. The van der Waals surface area contributed by atoms with Crippen LogP contribution < -0.4 is 0 Å². The highest BCUT2D eigenvalue weighted by molar-refractivity contribution is 7.89. The van der Waals surface area contributed by atoms with Crippen LogP contribution in [0.1, 0.15) is 26.2 Å². The van der Waals surface area contributed by atoms with Crippen LogP contribution in [0.25, 0.3) is 0 Å². The minimum absolute atomic E-state index is 0.0516. The van der Waals surface area contributed by atoms with Crippen LogP contribution in [-0.4, -0.2) is 57.4 Å². The van der Waals surface area contributed by atoms with Gasteiger partial charge in [-0.25, -0.2) is 8.42 Å². The Morgan fingerprint density at radius 1 is 1.50 bits per heavy atom. The molecule has 0 bridgehead atoms. The molecule has 0 amide bonds. The third-order valence-corrected chi connectivity index (χ3v) is 4.71. The van der Waals surface area contributed by atoms with E-state index in [1.807, 2.05) is 6.92 Å². The minimum Gasteiger partial charge on any atom is -0.468 e. The first-order valence-corrected chi connectivity index (χ1v) is 7.76. The molecule has 1 rings (SSSR count). The fourth-order valence-corrected chi connectivity index (χ4v) is 3.60. The lowest BCUT2D eigenvalue weighted by Gasteiger charge is -2.22. The van der Waals surface area contributed by atoms with Gasteiger partial charge in [-0.05, 0) is 19.3 Å². The summed E-state index contributed by atoms with van der Waals surface area (Å²) in [6.45, 7) is 2.58. The maximum absolute atomic E-state index is 12.2. The van der Waals surface area contributed by atoms with Crippen molar-refractivity contribution in [1.82, 2.24) is 4.31 Å². The molecule has 1 fully saturated rings. The van der Waals surface area contributed by atoms with Crippen molar-refractivity contribution < 1.29 is 22.7 Å². The molecule has 0 aromatic heterocycles. The fourth-order valence-electron chi connectivity index (χ4n) is 1.89. The molecule has 106 valence electrons. The van der Waals surface area contributed by atoms with Crippen molar-refractivity contribution in [2.75, 3.05) is 32.6 Å². The van der Waals surface area contributed by atoms with E-state index in [0.717, 1.165) is 12.8 Å². The average Bonchev–Trinajstić information content (AvgIpc) is 2.80. The Balaban J connectivity index is 2.65. The van der Waals surface area contributed by atoms with E-state index in [1.54, 1.807) is 0 Å². The number of carbonyl (C=O) groups is 1. The van der Waals surface area contributed by atoms with E-state index in [0.29, 0.717) is 19.6 Å². The summed E-state index contributed by atoms with van der Waals surface area (Å²) in [7, 11) is -2.22. The van der Waals surface area contributed by atoms with Crippen molar-refractivity contribution in [3.63, 3.8) is 0 Å². The number of hydrogen-bond acceptors (Lipinski definition) is 5. The SMILES string of the molecule is CCCN(CC(=O)OC)S(=O)(=O)CC1CCCO1. The summed E-state index contributed by atoms with van der Waals surface area (Å²) in [5, 5.41) is 0. The molecular formula is C11H21NO5S. The van der Waals surface area contributed by atoms with Crippen LogP contribution in [0.2, 0.25) is 0 Å². The highest BCUT2D eigenvalue weighted by Crippen LogP contribution is 2.16. The first-order valence-electron chi connectivity index (χ1n) is 6.16. The number of hydrogen-bond donors (Lipinski definition) is 0. The zero-order valence-electron chi connectivity index (χ0n) is 10.9. The van der Waals surface area contributed by atoms with E-state index in [4.69, 9.17) is 4.74 Å². The number of rotatable bonds is 7. The zero-order valence-corrected chi connectivity index (χ0v) is 11.7. The monoisotopic (exact) mass is 279 g/mol. The van der Waals surface area contributed by atoms with Crippen LogP contribution in [0.15, 0.2) is 0 Å². The quantitative estimate of drug-likeness (QED) is 0.630. The third kappa shape index (κ3) is 4.55. The molecule has 0 aromatic carbocycles. The van der Waals surface area contributed by atoms with E-state index in [9.17, 15) is 13.2 Å². The van der Waals surface area contributed by atoms with E-state index < -0.39 is 16.0 Å². The molecule has 1 heterocycles. The molecule has 1 aliphatic rings. The molecule has 0 spiro atoms. The van der Waals surface area contributed by atoms with Gasteiger partial charge in [-0.2, -0.15) is 4.31 Å². The van der Waals surface area contributed by atoms with Crippen LogP contribution in [0.4, 0.5) is 0 Å². The molecule has 1 unspecified atom stereocenters.